The first-order valence-corrected chi connectivity index (χ1v) is 8.10. The lowest BCUT2D eigenvalue weighted by Gasteiger charge is -2.09. The summed E-state index contributed by atoms with van der Waals surface area (Å²) in [5.74, 6) is 0.920. The molecule has 0 spiro atoms. The molecule has 0 radical (unpaired) electrons. The van der Waals surface area contributed by atoms with E-state index < -0.39 is 0 Å². The fourth-order valence-electron chi connectivity index (χ4n) is 2.52. The van der Waals surface area contributed by atoms with Crippen LogP contribution in [0.4, 0.5) is 0 Å². The zero-order chi connectivity index (χ0) is 15.4. The molecule has 0 unspecified atom stereocenters. The summed E-state index contributed by atoms with van der Waals surface area (Å²) in [5.41, 5.74) is 5.38. The molecule has 2 heteroatoms. The number of hydrogen-bond acceptors (Lipinski definition) is 2. The van der Waals surface area contributed by atoms with Gasteiger partial charge in [0.25, 0.3) is 0 Å². The third kappa shape index (κ3) is 4.35. The van der Waals surface area contributed by atoms with Gasteiger partial charge in [-0.2, -0.15) is 0 Å². The number of aryl methyl sites for hydroxylation is 2. The molecule has 1 aliphatic rings. The van der Waals surface area contributed by atoms with Gasteiger partial charge in [-0.1, -0.05) is 35.9 Å². The van der Waals surface area contributed by atoms with Crippen LogP contribution >= 0.6 is 0 Å². The van der Waals surface area contributed by atoms with Gasteiger partial charge in [0.1, 0.15) is 12.4 Å². The van der Waals surface area contributed by atoms with Crippen LogP contribution in [0, 0.1) is 13.8 Å². The van der Waals surface area contributed by atoms with Gasteiger partial charge < -0.3 is 9.47 Å². The lowest BCUT2D eigenvalue weighted by atomic mass is 9.99. The van der Waals surface area contributed by atoms with Crippen molar-refractivity contribution in [3.8, 4) is 5.75 Å². The van der Waals surface area contributed by atoms with Crippen LogP contribution in [0.3, 0.4) is 0 Å². The Morgan fingerprint density at radius 1 is 0.955 bits per heavy atom. The molecule has 0 aliphatic heterocycles. The molecule has 0 heterocycles. The van der Waals surface area contributed by atoms with Gasteiger partial charge in [0.15, 0.2) is 0 Å². The van der Waals surface area contributed by atoms with Crippen molar-refractivity contribution >= 4 is 0 Å². The number of rotatable bonds is 7. The second-order valence-corrected chi connectivity index (χ2v) is 6.17. The van der Waals surface area contributed by atoms with Crippen LogP contribution < -0.4 is 4.74 Å². The van der Waals surface area contributed by atoms with E-state index >= 15 is 0 Å². The van der Waals surface area contributed by atoms with Crippen molar-refractivity contribution in [2.24, 2.45) is 0 Å². The van der Waals surface area contributed by atoms with Crippen LogP contribution in [0.1, 0.15) is 35.1 Å². The summed E-state index contributed by atoms with van der Waals surface area (Å²) in [7, 11) is 0. The van der Waals surface area contributed by atoms with Gasteiger partial charge in [0.05, 0.1) is 12.7 Å². The Hall–Kier alpha value is -1.80. The highest BCUT2D eigenvalue weighted by Gasteiger charge is 2.21. The van der Waals surface area contributed by atoms with Gasteiger partial charge in [-0.3, -0.25) is 0 Å². The lowest BCUT2D eigenvalue weighted by Crippen LogP contribution is -2.07. The summed E-state index contributed by atoms with van der Waals surface area (Å²) >= 11 is 0. The molecular formula is C20H24O2. The topological polar surface area (TPSA) is 18.5 Å². The Labute approximate surface area is 133 Å². The Bertz CT molecular complexity index is 612. The van der Waals surface area contributed by atoms with E-state index in [9.17, 15) is 0 Å². The second kappa shape index (κ2) is 6.97. The minimum Gasteiger partial charge on any atom is -0.491 e. The summed E-state index contributed by atoms with van der Waals surface area (Å²) in [6.45, 7) is 5.64. The standard InChI is InChI=1S/C20H24O2/c1-15-3-4-16(2)18(13-15)14-17-5-7-19(8-6-17)21-11-12-22-20-9-10-20/h3-8,13,20H,9-12,14H2,1-2H3. The zero-order valence-electron chi connectivity index (χ0n) is 13.5. The molecule has 3 rings (SSSR count). The Morgan fingerprint density at radius 3 is 2.45 bits per heavy atom. The minimum absolute atomic E-state index is 0.503. The molecule has 0 N–H and O–H groups in total. The van der Waals surface area contributed by atoms with Crippen LogP contribution in [0.2, 0.25) is 0 Å². The number of benzene rings is 2. The van der Waals surface area contributed by atoms with Gasteiger partial charge in [-0.25, -0.2) is 0 Å². The molecule has 0 atom stereocenters. The highest BCUT2D eigenvalue weighted by molar-refractivity contribution is 5.36. The first-order chi connectivity index (χ1) is 10.7. The largest absolute Gasteiger partial charge is 0.491 e. The molecule has 2 nitrogen and oxygen atoms in total. The van der Waals surface area contributed by atoms with Gasteiger partial charge in [-0.05, 0) is 61.9 Å². The SMILES string of the molecule is Cc1ccc(C)c(Cc2ccc(OCCOC3CC3)cc2)c1. The van der Waals surface area contributed by atoms with Gasteiger partial charge >= 0.3 is 0 Å². The van der Waals surface area contributed by atoms with E-state index in [4.69, 9.17) is 9.47 Å². The summed E-state index contributed by atoms with van der Waals surface area (Å²) in [6.07, 6.45) is 3.90. The van der Waals surface area contributed by atoms with Crippen LogP contribution in [-0.4, -0.2) is 19.3 Å². The van der Waals surface area contributed by atoms with Crippen molar-refractivity contribution in [3.05, 3.63) is 64.7 Å². The van der Waals surface area contributed by atoms with E-state index in [0.29, 0.717) is 19.3 Å². The summed E-state index contributed by atoms with van der Waals surface area (Å²) in [4.78, 5) is 0. The third-order valence-electron chi connectivity index (χ3n) is 4.05. The smallest absolute Gasteiger partial charge is 0.119 e. The van der Waals surface area contributed by atoms with Gasteiger partial charge in [0.2, 0.25) is 0 Å². The molecule has 0 aromatic heterocycles. The van der Waals surface area contributed by atoms with Crippen LogP contribution in [-0.2, 0) is 11.2 Å². The van der Waals surface area contributed by atoms with E-state index in [2.05, 4.69) is 56.3 Å². The molecule has 0 amide bonds. The van der Waals surface area contributed by atoms with Crippen molar-refractivity contribution in [1.82, 2.24) is 0 Å². The molecule has 22 heavy (non-hydrogen) atoms. The zero-order valence-corrected chi connectivity index (χ0v) is 13.5. The van der Waals surface area contributed by atoms with E-state index in [1.54, 1.807) is 0 Å². The molecule has 1 saturated carbocycles. The monoisotopic (exact) mass is 296 g/mol. The van der Waals surface area contributed by atoms with E-state index in [-0.39, 0.29) is 0 Å². The second-order valence-electron chi connectivity index (χ2n) is 6.17. The highest BCUT2D eigenvalue weighted by Crippen LogP contribution is 2.23. The van der Waals surface area contributed by atoms with Crippen molar-refractivity contribution in [2.75, 3.05) is 13.2 Å². The van der Waals surface area contributed by atoms with Crippen molar-refractivity contribution < 1.29 is 9.47 Å². The van der Waals surface area contributed by atoms with Crippen molar-refractivity contribution in [2.45, 2.75) is 39.2 Å². The van der Waals surface area contributed by atoms with Gasteiger partial charge in [-0.15, -0.1) is 0 Å². The molecule has 2 aromatic rings. The first kappa shape index (κ1) is 15.1. The normalized spacial score (nSPS) is 14.1. The molecule has 2 aromatic carbocycles. The number of ether oxygens (including phenoxy) is 2. The minimum atomic E-state index is 0.503. The Balaban J connectivity index is 1.53. The Kier molecular flexibility index (Phi) is 4.79. The predicted octanol–water partition coefficient (Wildman–Crippen LogP) is 4.45. The maximum atomic E-state index is 5.71. The molecule has 1 fully saturated rings. The molecule has 116 valence electrons. The van der Waals surface area contributed by atoms with Crippen molar-refractivity contribution in [3.63, 3.8) is 0 Å². The molecule has 1 aliphatic carbocycles. The van der Waals surface area contributed by atoms with E-state index in [1.807, 2.05) is 0 Å². The lowest BCUT2D eigenvalue weighted by molar-refractivity contribution is 0.0881. The van der Waals surface area contributed by atoms with Crippen LogP contribution in [0.25, 0.3) is 0 Å². The summed E-state index contributed by atoms with van der Waals surface area (Å²) in [5, 5.41) is 0. The van der Waals surface area contributed by atoms with Crippen molar-refractivity contribution in [1.29, 1.82) is 0 Å². The van der Waals surface area contributed by atoms with Crippen LogP contribution in [0.5, 0.6) is 5.75 Å². The highest BCUT2D eigenvalue weighted by atomic mass is 16.5. The average Bonchev–Trinajstić information content (AvgIpc) is 3.33. The summed E-state index contributed by atoms with van der Waals surface area (Å²) < 4.78 is 11.3. The number of hydrogen-bond donors (Lipinski definition) is 0. The fraction of sp³-hybridized carbons (Fsp3) is 0.400. The summed E-state index contributed by atoms with van der Waals surface area (Å²) in [6, 6.07) is 15.0. The third-order valence-corrected chi connectivity index (χ3v) is 4.05. The van der Waals surface area contributed by atoms with E-state index in [0.717, 1.165) is 12.2 Å². The molecule has 0 bridgehead atoms. The fourth-order valence-corrected chi connectivity index (χ4v) is 2.52. The maximum Gasteiger partial charge on any atom is 0.119 e. The first-order valence-electron chi connectivity index (χ1n) is 8.10. The maximum absolute atomic E-state index is 5.71. The average molecular weight is 296 g/mol. The molecule has 0 saturated heterocycles. The predicted molar refractivity (Wildman–Crippen MR) is 89.6 cm³/mol. The van der Waals surface area contributed by atoms with Crippen LogP contribution in [0.15, 0.2) is 42.5 Å². The quantitative estimate of drug-likeness (QED) is 0.703. The van der Waals surface area contributed by atoms with E-state index in [1.165, 1.54) is 35.1 Å². The van der Waals surface area contributed by atoms with Gasteiger partial charge in [0, 0.05) is 0 Å². The Morgan fingerprint density at radius 2 is 1.73 bits per heavy atom. The molecular weight excluding hydrogens is 272 g/mol.